The Morgan fingerprint density at radius 1 is 0.929 bits per heavy atom. The van der Waals surface area contributed by atoms with E-state index in [-0.39, 0.29) is 17.1 Å². The predicted molar refractivity (Wildman–Crippen MR) is 58.6 cm³/mol. The summed E-state index contributed by atoms with van der Waals surface area (Å²) in [6.07, 6.45) is 1.83. The summed E-state index contributed by atoms with van der Waals surface area (Å²) in [5.41, 5.74) is 1.17. The van der Waals surface area contributed by atoms with Gasteiger partial charge in [-0.25, -0.2) is 12.1 Å². The fraction of sp³-hybridized carbons (Fsp3) is 0. The molecule has 0 fully saturated rings. The van der Waals surface area contributed by atoms with E-state index in [0.717, 1.165) is 0 Å². The van der Waals surface area contributed by atoms with Crippen LogP contribution in [-0.4, -0.2) is 0 Å². The maximum Gasteiger partial charge on any atom is 0 e. The second-order valence-corrected chi connectivity index (χ2v) is 2.58. The minimum atomic E-state index is 0. The Bertz CT molecular complexity index is 291. The Hall–Kier alpha value is -1.17. The number of hydrogen-bond acceptors (Lipinski definition) is 0. The Balaban J connectivity index is 0.000000246. The van der Waals surface area contributed by atoms with Crippen molar-refractivity contribution in [2.24, 2.45) is 0 Å². The maximum atomic E-state index is 3.63. The van der Waals surface area contributed by atoms with Crippen molar-refractivity contribution in [3.8, 4) is 0 Å². The molecule has 0 aliphatic heterocycles. The van der Waals surface area contributed by atoms with Crippen molar-refractivity contribution < 1.29 is 17.1 Å². The minimum absolute atomic E-state index is 0. The van der Waals surface area contributed by atoms with Crippen LogP contribution >= 0.6 is 0 Å². The van der Waals surface area contributed by atoms with Crippen LogP contribution in [0.25, 0.3) is 6.08 Å². The first-order chi connectivity index (χ1) is 6.43. The SMILES string of the molecule is C=Cc1ccccc1.[Fe].c1cc[cH-]c1. The third kappa shape index (κ3) is 5.47. The van der Waals surface area contributed by atoms with Crippen molar-refractivity contribution in [2.45, 2.75) is 0 Å². The number of rotatable bonds is 1. The smallest absolute Gasteiger partial charge is 0 e. The van der Waals surface area contributed by atoms with E-state index in [0.29, 0.717) is 0 Å². The summed E-state index contributed by atoms with van der Waals surface area (Å²) in [6.45, 7) is 3.63. The molecule has 0 bridgehead atoms. The fourth-order valence-corrected chi connectivity index (χ4v) is 0.910. The molecular weight excluding hydrogens is 212 g/mol. The first-order valence-corrected chi connectivity index (χ1v) is 4.27. The van der Waals surface area contributed by atoms with Gasteiger partial charge >= 0.3 is 0 Å². The molecule has 0 N–H and O–H groups in total. The van der Waals surface area contributed by atoms with Gasteiger partial charge in [0, 0.05) is 17.1 Å². The van der Waals surface area contributed by atoms with E-state index in [1.54, 1.807) is 0 Å². The average molecular weight is 225 g/mol. The maximum absolute atomic E-state index is 3.63. The molecule has 0 unspecified atom stereocenters. The van der Waals surface area contributed by atoms with Gasteiger partial charge < -0.3 is 0 Å². The zero-order chi connectivity index (χ0) is 9.36. The van der Waals surface area contributed by atoms with Crippen molar-refractivity contribution in [2.75, 3.05) is 0 Å². The first-order valence-electron chi connectivity index (χ1n) is 4.27. The molecule has 74 valence electrons. The van der Waals surface area contributed by atoms with E-state index in [9.17, 15) is 0 Å². The largest absolute Gasteiger partial charge is 0.214 e. The van der Waals surface area contributed by atoms with Crippen LogP contribution in [0.5, 0.6) is 0 Å². The van der Waals surface area contributed by atoms with Crippen LogP contribution in [-0.2, 0) is 17.1 Å². The molecule has 0 aliphatic carbocycles. The van der Waals surface area contributed by atoms with E-state index in [2.05, 4.69) is 6.58 Å². The molecule has 0 heterocycles. The van der Waals surface area contributed by atoms with Gasteiger partial charge in [-0.05, 0) is 5.56 Å². The molecule has 2 aromatic rings. The van der Waals surface area contributed by atoms with E-state index >= 15 is 0 Å². The van der Waals surface area contributed by atoms with Crippen molar-refractivity contribution in [3.05, 3.63) is 72.8 Å². The van der Waals surface area contributed by atoms with Gasteiger partial charge in [0.25, 0.3) is 0 Å². The predicted octanol–water partition coefficient (Wildman–Crippen LogP) is 3.73. The van der Waals surface area contributed by atoms with E-state index in [1.165, 1.54) is 5.56 Å². The summed E-state index contributed by atoms with van der Waals surface area (Å²) >= 11 is 0. The van der Waals surface area contributed by atoms with Crippen molar-refractivity contribution in [1.82, 2.24) is 0 Å². The van der Waals surface area contributed by atoms with Crippen LogP contribution in [0.3, 0.4) is 0 Å². The molecule has 0 saturated carbocycles. The average Bonchev–Trinajstić information content (AvgIpc) is 2.77. The second-order valence-electron chi connectivity index (χ2n) is 2.58. The van der Waals surface area contributed by atoms with E-state index in [4.69, 9.17) is 0 Å². The van der Waals surface area contributed by atoms with Gasteiger partial charge in [-0.2, -0.15) is 18.2 Å². The Morgan fingerprint density at radius 3 is 1.79 bits per heavy atom. The molecule has 0 atom stereocenters. The van der Waals surface area contributed by atoms with Crippen LogP contribution in [0.15, 0.2) is 67.2 Å². The topological polar surface area (TPSA) is 0 Å². The molecule has 0 amide bonds. The Kier molecular flexibility index (Phi) is 7.72. The van der Waals surface area contributed by atoms with Gasteiger partial charge in [0.15, 0.2) is 0 Å². The van der Waals surface area contributed by atoms with Crippen molar-refractivity contribution in [1.29, 1.82) is 0 Å². The fourth-order valence-electron chi connectivity index (χ4n) is 0.910. The van der Waals surface area contributed by atoms with Crippen LogP contribution < -0.4 is 0 Å². The molecule has 0 saturated heterocycles. The van der Waals surface area contributed by atoms with E-state index < -0.39 is 0 Å². The molecule has 0 aromatic heterocycles. The molecular formula is C13H13Fe-. The molecule has 0 radical (unpaired) electrons. The normalized spacial score (nSPS) is 7.71. The Labute approximate surface area is 96.1 Å². The van der Waals surface area contributed by atoms with Crippen LogP contribution in [0, 0.1) is 0 Å². The molecule has 0 nitrogen and oxygen atoms in total. The van der Waals surface area contributed by atoms with Crippen LogP contribution in [0.4, 0.5) is 0 Å². The van der Waals surface area contributed by atoms with Crippen LogP contribution in [0.1, 0.15) is 5.56 Å². The van der Waals surface area contributed by atoms with Crippen LogP contribution in [0.2, 0.25) is 0 Å². The molecule has 0 aliphatic rings. The zero-order valence-electron chi connectivity index (χ0n) is 7.91. The van der Waals surface area contributed by atoms with Gasteiger partial charge in [-0.3, -0.25) is 0 Å². The van der Waals surface area contributed by atoms with E-state index in [1.807, 2.05) is 66.7 Å². The van der Waals surface area contributed by atoms with Gasteiger partial charge in [-0.1, -0.05) is 43.0 Å². The third-order valence-electron chi connectivity index (χ3n) is 1.59. The summed E-state index contributed by atoms with van der Waals surface area (Å²) in [5, 5.41) is 0. The third-order valence-corrected chi connectivity index (χ3v) is 1.59. The number of benzene rings is 1. The summed E-state index contributed by atoms with van der Waals surface area (Å²) in [5.74, 6) is 0. The summed E-state index contributed by atoms with van der Waals surface area (Å²) in [4.78, 5) is 0. The first kappa shape index (κ1) is 12.8. The second kappa shape index (κ2) is 8.43. The molecule has 1 heteroatoms. The molecule has 2 rings (SSSR count). The monoisotopic (exact) mass is 225 g/mol. The van der Waals surface area contributed by atoms with Crippen molar-refractivity contribution in [3.63, 3.8) is 0 Å². The Morgan fingerprint density at radius 2 is 1.50 bits per heavy atom. The van der Waals surface area contributed by atoms with Gasteiger partial charge in [0.1, 0.15) is 0 Å². The minimum Gasteiger partial charge on any atom is -0.214 e. The molecule has 2 aromatic carbocycles. The van der Waals surface area contributed by atoms with Gasteiger partial charge in [0.05, 0.1) is 0 Å². The molecule has 0 spiro atoms. The summed E-state index contributed by atoms with van der Waals surface area (Å²) < 4.78 is 0. The van der Waals surface area contributed by atoms with Gasteiger partial charge in [0.2, 0.25) is 0 Å². The van der Waals surface area contributed by atoms with Gasteiger partial charge in [-0.15, -0.1) is 0 Å². The van der Waals surface area contributed by atoms with Crippen molar-refractivity contribution >= 4 is 6.08 Å². The summed E-state index contributed by atoms with van der Waals surface area (Å²) in [6, 6.07) is 20.0. The quantitative estimate of drug-likeness (QED) is 0.512. The number of hydrogen-bond donors (Lipinski definition) is 0. The standard InChI is InChI=1S/C8H8.C5H5.Fe/c1-2-8-6-4-3-5-7-8;1-2-4-5-3-1;/h2-7H,1H2;1-5H;/q;-1;. The zero-order valence-corrected chi connectivity index (χ0v) is 9.02. The molecule has 14 heavy (non-hydrogen) atoms. The summed E-state index contributed by atoms with van der Waals surface area (Å²) in [7, 11) is 0.